The van der Waals surface area contributed by atoms with E-state index in [1.54, 1.807) is 24.3 Å². The van der Waals surface area contributed by atoms with Crippen LogP contribution in [-0.2, 0) is 16.6 Å². The molecule has 0 saturated heterocycles. The van der Waals surface area contributed by atoms with Gasteiger partial charge in [0.1, 0.15) is 0 Å². The van der Waals surface area contributed by atoms with Gasteiger partial charge < -0.3 is 5.32 Å². The Morgan fingerprint density at radius 2 is 1.69 bits per heavy atom. The molecule has 0 amide bonds. The summed E-state index contributed by atoms with van der Waals surface area (Å²) in [6.07, 6.45) is 0.707. The third-order valence-electron chi connectivity index (χ3n) is 4.12. The lowest BCUT2D eigenvalue weighted by Crippen LogP contribution is -2.27. The number of rotatable bonds is 8. The highest BCUT2D eigenvalue weighted by Gasteiger charge is 2.12. The Morgan fingerprint density at radius 3 is 2.50 bits per heavy atom. The number of nitrogens with one attached hydrogen (secondary N) is 2. The van der Waals surface area contributed by atoms with Crippen LogP contribution >= 0.6 is 0 Å². The summed E-state index contributed by atoms with van der Waals surface area (Å²) in [5.41, 5.74) is 3.00. The van der Waals surface area contributed by atoms with Gasteiger partial charge in [0, 0.05) is 18.5 Å². The van der Waals surface area contributed by atoms with Gasteiger partial charge >= 0.3 is 0 Å². The molecule has 0 atom stereocenters. The lowest BCUT2D eigenvalue weighted by molar-refractivity contribution is 0.573. The fourth-order valence-electron chi connectivity index (χ4n) is 2.64. The standard InChI is InChI=1S/C20H23N3O2S/c1-16-7-11-19(12-8-16)26(24,25)22-14-4-13-21-15-18-10-9-17-5-2-3-6-20(17)23-18/h2-3,5-12,21-22H,4,13-15H2,1H3. The third kappa shape index (κ3) is 4.88. The number of hydrogen-bond donors (Lipinski definition) is 2. The summed E-state index contributed by atoms with van der Waals surface area (Å²) in [5.74, 6) is 0. The first-order valence-electron chi connectivity index (χ1n) is 8.66. The fraction of sp³-hybridized carbons (Fsp3) is 0.250. The topological polar surface area (TPSA) is 71.1 Å². The van der Waals surface area contributed by atoms with Crippen molar-refractivity contribution in [2.45, 2.75) is 24.8 Å². The largest absolute Gasteiger partial charge is 0.311 e. The van der Waals surface area contributed by atoms with Crippen molar-refractivity contribution in [2.24, 2.45) is 0 Å². The van der Waals surface area contributed by atoms with Crippen LogP contribution in [0.1, 0.15) is 17.7 Å². The van der Waals surface area contributed by atoms with Gasteiger partial charge in [0.2, 0.25) is 10.0 Å². The monoisotopic (exact) mass is 369 g/mol. The predicted molar refractivity (Wildman–Crippen MR) is 104 cm³/mol. The molecule has 0 aliphatic heterocycles. The van der Waals surface area contributed by atoms with Crippen molar-refractivity contribution in [3.05, 3.63) is 71.9 Å². The molecule has 26 heavy (non-hydrogen) atoms. The number of aromatic nitrogens is 1. The van der Waals surface area contributed by atoms with E-state index in [0.29, 0.717) is 31.0 Å². The van der Waals surface area contributed by atoms with Crippen molar-refractivity contribution >= 4 is 20.9 Å². The van der Waals surface area contributed by atoms with Gasteiger partial charge in [-0.3, -0.25) is 4.98 Å². The summed E-state index contributed by atoms with van der Waals surface area (Å²) < 4.78 is 27.0. The van der Waals surface area contributed by atoms with E-state index in [1.807, 2.05) is 37.3 Å². The molecule has 0 radical (unpaired) electrons. The summed E-state index contributed by atoms with van der Waals surface area (Å²) >= 11 is 0. The van der Waals surface area contributed by atoms with E-state index in [4.69, 9.17) is 0 Å². The Bertz CT molecular complexity index is 970. The second-order valence-electron chi connectivity index (χ2n) is 6.24. The zero-order chi connectivity index (χ0) is 18.4. The highest BCUT2D eigenvalue weighted by Crippen LogP contribution is 2.12. The Kier molecular flexibility index (Phi) is 5.98. The van der Waals surface area contributed by atoms with Crippen LogP contribution in [0.3, 0.4) is 0 Å². The summed E-state index contributed by atoms with van der Waals surface area (Å²) in [7, 11) is -3.43. The highest BCUT2D eigenvalue weighted by atomic mass is 32.2. The molecule has 1 heterocycles. The summed E-state index contributed by atoms with van der Waals surface area (Å²) in [6, 6.07) is 18.9. The van der Waals surface area contributed by atoms with Crippen molar-refractivity contribution in [2.75, 3.05) is 13.1 Å². The van der Waals surface area contributed by atoms with Crippen molar-refractivity contribution in [1.82, 2.24) is 15.0 Å². The summed E-state index contributed by atoms with van der Waals surface area (Å²) in [4.78, 5) is 4.91. The van der Waals surface area contributed by atoms with Crippen molar-refractivity contribution in [1.29, 1.82) is 0 Å². The molecular formula is C20H23N3O2S. The number of fused-ring (bicyclic) bond motifs is 1. The second kappa shape index (κ2) is 8.40. The van der Waals surface area contributed by atoms with Crippen LogP contribution in [0.15, 0.2) is 65.6 Å². The molecule has 136 valence electrons. The highest BCUT2D eigenvalue weighted by molar-refractivity contribution is 7.89. The first kappa shape index (κ1) is 18.5. The average molecular weight is 369 g/mol. The smallest absolute Gasteiger partial charge is 0.240 e. The molecule has 1 aromatic heterocycles. The maximum Gasteiger partial charge on any atom is 0.240 e. The van der Waals surface area contributed by atoms with E-state index in [0.717, 1.165) is 22.2 Å². The number of hydrogen-bond acceptors (Lipinski definition) is 4. The van der Waals surface area contributed by atoms with Gasteiger partial charge in [-0.15, -0.1) is 0 Å². The molecule has 3 rings (SSSR count). The summed E-state index contributed by atoms with van der Waals surface area (Å²) in [5, 5.41) is 4.43. The lowest BCUT2D eigenvalue weighted by atomic mass is 10.2. The van der Waals surface area contributed by atoms with E-state index in [-0.39, 0.29) is 0 Å². The fourth-order valence-corrected chi connectivity index (χ4v) is 3.72. The van der Waals surface area contributed by atoms with E-state index < -0.39 is 10.0 Å². The van der Waals surface area contributed by atoms with Crippen molar-refractivity contribution < 1.29 is 8.42 Å². The van der Waals surface area contributed by atoms with Gasteiger partial charge in [0.15, 0.2) is 0 Å². The maximum atomic E-state index is 12.2. The van der Waals surface area contributed by atoms with Crippen LogP contribution in [0, 0.1) is 6.92 Å². The SMILES string of the molecule is Cc1ccc(S(=O)(=O)NCCCNCc2ccc3ccccc3n2)cc1. The minimum absolute atomic E-state index is 0.302. The first-order valence-corrected chi connectivity index (χ1v) is 10.1. The molecule has 0 spiro atoms. The number of nitrogens with zero attached hydrogens (tertiary/aromatic N) is 1. The predicted octanol–water partition coefficient (Wildman–Crippen LogP) is 3.00. The van der Waals surface area contributed by atoms with Gasteiger partial charge in [-0.1, -0.05) is 42.0 Å². The van der Waals surface area contributed by atoms with Gasteiger partial charge in [0.25, 0.3) is 0 Å². The van der Waals surface area contributed by atoms with E-state index in [9.17, 15) is 8.42 Å². The van der Waals surface area contributed by atoms with Gasteiger partial charge in [0.05, 0.1) is 16.1 Å². The molecule has 0 saturated carbocycles. The number of para-hydroxylation sites is 1. The van der Waals surface area contributed by atoms with Crippen molar-refractivity contribution in [3.8, 4) is 0 Å². The van der Waals surface area contributed by atoms with Gasteiger partial charge in [-0.05, 0) is 44.2 Å². The molecule has 0 aliphatic rings. The van der Waals surface area contributed by atoms with E-state index in [2.05, 4.69) is 21.1 Å². The minimum atomic E-state index is -3.43. The zero-order valence-electron chi connectivity index (χ0n) is 14.8. The Labute approximate surface area is 154 Å². The van der Waals surface area contributed by atoms with Crippen LogP contribution in [0.2, 0.25) is 0 Å². The van der Waals surface area contributed by atoms with Gasteiger partial charge in [-0.2, -0.15) is 0 Å². The number of aryl methyl sites for hydroxylation is 1. The molecule has 6 heteroatoms. The zero-order valence-corrected chi connectivity index (χ0v) is 15.6. The molecule has 0 aliphatic carbocycles. The van der Waals surface area contributed by atoms with Crippen LogP contribution < -0.4 is 10.0 Å². The average Bonchev–Trinajstić information content (AvgIpc) is 2.65. The van der Waals surface area contributed by atoms with E-state index in [1.165, 1.54) is 0 Å². The molecule has 2 aromatic carbocycles. The Hall–Kier alpha value is -2.28. The van der Waals surface area contributed by atoms with Gasteiger partial charge in [-0.25, -0.2) is 13.1 Å². The molecule has 0 bridgehead atoms. The number of sulfonamides is 1. The quantitative estimate of drug-likeness (QED) is 0.599. The minimum Gasteiger partial charge on any atom is -0.311 e. The number of benzene rings is 2. The number of pyridine rings is 1. The Morgan fingerprint density at radius 1 is 0.923 bits per heavy atom. The Balaban J connectivity index is 1.41. The van der Waals surface area contributed by atoms with Crippen LogP contribution in [-0.4, -0.2) is 26.5 Å². The van der Waals surface area contributed by atoms with Crippen molar-refractivity contribution in [3.63, 3.8) is 0 Å². The molecule has 0 unspecified atom stereocenters. The molecular weight excluding hydrogens is 346 g/mol. The molecule has 0 fully saturated rings. The maximum absolute atomic E-state index is 12.2. The molecule has 2 N–H and O–H groups in total. The third-order valence-corrected chi connectivity index (χ3v) is 5.59. The van der Waals surface area contributed by atoms with Crippen LogP contribution in [0.5, 0.6) is 0 Å². The second-order valence-corrected chi connectivity index (χ2v) is 8.00. The molecule has 5 nitrogen and oxygen atoms in total. The van der Waals surface area contributed by atoms with E-state index >= 15 is 0 Å². The first-order chi connectivity index (χ1) is 12.5. The van der Waals surface area contributed by atoms with Crippen LogP contribution in [0.4, 0.5) is 0 Å². The molecule has 3 aromatic rings. The normalized spacial score (nSPS) is 11.7. The lowest BCUT2D eigenvalue weighted by Gasteiger charge is -2.08. The summed E-state index contributed by atoms with van der Waals surface area (Å²) in [6.45, 7) is 3.70. The van der Waals surface area contributed by atoms with Crippen LogP contribution in [0.25, 0.3) is 10.9 Å².